The normalized spacial score (nSPS) is 11.8. The van der Waals surface area contributed by atoms with E-state index in [1.54, 1.807) is 50.4 Å². The molecule has 0 aromatic heterocycles. The monoisotopic (exact) mass is 511 g/mol. The largest absolute Gasteiger partial charge is 0.493 e. The Morgan fingerprint density at radius 2 is 1.82 bits per heavy atom. The molecule has 2 N–H and O–H groups in total. The maximum atomic E-state index is 12.3. The summed E-state index contributed by atoms with van der Waals surface area (Å²) in [6, 6.07) is 9.69. The van der Waals surface area contributed by atoms with Crippen LogP contribution in [0.5, 0.6) is 11.5 Å². The molecule has 0 aliphatic carbocycles. The summed E-state index contributed by atoms with van der Waals surface area (Å²) < 4.78 is 11.9. The van der Waals surface area contributed by atoms with Crippen molar-refractivity contribution in [3.05, 3.63) is 56.5 Å². The van der Waals surface area contributed by atoms with Gasteiger partial charge in [0, 0.05) is 4.47 Å². The van der Waals surface area contributed by atoms with Crippen molar-refractivity contribution < 1.29 is 19.1 Å². The van der Waals surface area contributed by atoms with E-state index >= 15 is 0 Å². The number of hydrogen-bond donors (Lipinski definition) is 2. The zero-order valence-electron chi connectivity index (χ0n) is 15.5. The third-order valence-corrected chi connectivity index (χ3v) is 4.98. The number of carbonyl (C=O) groups excluding carboxylic acids is 2. The second-order valence-electron chi connectivity index (χ2n) is 5.65. The maximum Gasteiger partial charge on any atom is 0.262 e. The van der Waals surface area contributed by atoms with Gasteiger partial charge in [-0.1, -0.05) is 12.1 Å². The van der Waals surface area contributed by atoms with Crippen molar-refractivity contribution in [2.24, 2.45) is 5.10 Å². The quantitative estimate of drug-likeness (QED) is 0.439. The Labute approximate surface area is 179 Å². The van der Waals surface area contributed by atoms with E-state index in [0.717, 1.165) is 0 Å². The van der Waals surface area contributed by atoms with Gasteiger partial charge in [0.05, 0.1) is 30.5 Å². The second-order valence-corrected chi connectivity index (χ2v) is 7.36. The molecule has 0 aliphatic heterocycles. The van der Waals surface area contributed by atoms with Crippen molar-refractivity contribution in [2.45, 2.75) is 13.0 Å². The summed E-state index contributed by atoms with van der Waals surface area (Å²) in [5.74, 6) is 0.282. The first-order valence-electron chi connectivity index (χ1n) is 8.17. The number of carbonyl (C=O) groups is 2. The molecule has 0 aliphatic rings. The number of nitrogens with zero attached hydrogens (tertiary/aromatic N) is 1. The summed E-state index contributed by atoms with van der Waals surface area (Å²) in [7, 11) is 3.07. The predicted octanol–water partition coefficient (Wildman–Crippen LogP) is 3.50. The van der Waals surface area contributed by atoms with Crippen LogP contribution in [-0.2, 0) is 4.79 Å². The molecule has 0 radical (unpaired) electrons. The number of ether oxygens (including phenoxy) is 2. The Morgan fingerprint density at radius 1 is 1.11 bits per heavy atom. The molecule has 0 saturated carbocycles. The molecule has 2 aromatic rings. The van der Waals surface area contributed by atoms with Crippen molar-refractivity contribution in [3.63, 3.8) is 0 Å². The zero-order chi connectivity index (χ0) is 20.7. The molecule has 1 atom stereocenters. The third-order valence-electron chi connectivity index (χ3n) is 3.70. The van der Waals surface area contributed by atoms with Gasteiger partial charge in [0.1, 0.15) is 6.04 Å². The zero-order valence-corrected chi connectivity index (χ0v) is 18.6. The van der Waals surface area contributed by atoms with Crippen molar-refractivity contribution in [3.8, 4) is 11.5 Å². The van der Waals surface area contributed by atoms with Gasteiger partial charge in [-0.25, -0.2) is 5.43 Å². The molecule has 2 aromatic carbocycles. The van der Waals surface area contributed by atoms with E-state index in [2.05, 4.69) is 47.7 Å². The summed E-state index contributed by atoms with van der Waals surface area (Å²) in [5.41, 5.74) is 3.54. The Bertz CT molecular complexity index is 903. The van der Waals surface area contributed by atoms with Crippen molar-refractivity contribution >= 4 is 49.9 Å². The molecule has 2 amide bonds. The number of hydrazone groups is 1. The van der Waals surface area contributed by atoms with Crippen LogP contribution < -0.4 is 20.2 Å². The number of nitrogens with one attached hydrogen (secondary N) is 2. The van der Waals surface area contributed by atoms with Crippen molar-refractivity contribution in [1.29, 1.82) is 0 Å². The number of benzene rings is 2. The van der Waals surface area contributed by atoms with Crippen LogP contribution in [0.25, 0.3) is 0 Å². The average Bonchev–Trinajstić information content (AvgIpc) is 2.67. The highest BCUT2D eigenvalue weighted by molar-refractivity contribution is 9.10. The summed E-state index contributed by atoms with van der Waals surface area (Å²) in [6.07, 6.45) is 1.47. The second kappa shape index (κ2) is 10.2. The molecule has 0 heterocycles. The van der Waals surface area contributed by atoms with Crippen LogP contribution in [0.1, 0.15) is 22.8 Å². The van der Waals surface area contributed by atoms with E-state index in [9.17, 15) is 9.59 Å². The summed E-state index contributed by atoms with van der Waals surface area (Å²) in [5, 5.41) is 6.56. The molecular formula is C19H19Br2N3O4. The van der Waals surface area contributed by atoms with E-state index in [1.807, 2.05) is 0 Å². The van der Waals surface area contributed by atoms with Crippen LogP contribution >= 0.6 is 31.9 Å². The standard InChI is InChI=1S/C19H19Br2N3O4/c1-11(23-19(26)13-6-4-5-7-14(13)20)18(25)24-22-10-12-8-15(21)17(28-3)16(9-12)27-2/h4-11H,1-3H3,(H,23,26)(H,24,25). The van der Waals surface area contributed by atoms with Gasteiger partial charge in [-0.05, 0) is 68.6 Å². The van der Waals surface area contributed by atoms with Crippen LogP contribution in [0.3, 0.4) is 0 Å². The van der Waals surface area contributed by atoms with Crippen LogP contribution in [0.4, 0.5) is 0 Å². The van der Waals surface area contributed by atoms with Gasteiger partial charge in [0.25, 0.3) is 11.8 Å². The maximum absolute atomic E-state index is 12.3. The third kappa shape index (κ3) is 5.56. The molecule has 0 spiro atoms. The van der Waals surface area contributed by atoms with Gasteiger partial charge < -0.3 is 14.8 Å². The van der Waals surface area contributed by atoms with E-state index in [0.29, 0.717) is 31.6 Å². The van der Waals surface area contributed by atoms with E-state index in [4.69, 9.17) is 9.47 Å². The topological polar surface area (TPSA) is 89.0 Å². The molecule has 1 unspecified atom stereocenters. The number of halogens is 2. The van der Waals surface area contributed by atoms with E-state index in [1.165, 1.54) is 13.3 Å². The van der Waals surface area contributed by atoms with Gasteiger partial charge in [-0.3, -0.25) is 9.59 Å². The summed E-state index contributed by atoms with van der Waals surface area (Å²) in [4.78, 5) is 24.4. The Morgan fingerprint density at radius 3 is 2.46 bits per heavy atom. The number of amides is 2. The number of rotatable bonds is 7. The fraction of sp³-hybridized carbons (Fsp3) is 0.211. The van der Waals surface area contributed by atoms with Crippen molar-refractivity contribution in [1.82, 2.24) is 10.7 Å². The van der Waals surface area contributed by atoms with Gasteiger partial charge >= 0.3 is 0 Å². The van der Waals surface area contributed by atoms with Crippen LogP contribution in [0.15, 0.2) is 50.4 Å². The lowest BCUT2D eigenvalue weighted by Gasteiger charge is -2.13. The predicted molar refractivity (Wildman–Crippen MR) is 114 cm³/mol. The fourth-order valence-corrected chi connectivity index (χ4v) is 3.35. The molecule has 148 valence electrons. The average molecular weight is 513 g/mol. The lowest BCUT2D eigenvalue weighted by atomic mass is 10.2. The minimum atomic E-state index is -0.770. The van der Waals surface area contributed by atoms with E-state index in [-0.39, 0.29) is 5.91 Å². The minimum Gasteiger partial charge on any atom is -0.493 e. The molecule has 28 heavy (non-hydrogen) atoms. The van der Waals surface area contributed by atoms with Gasteiger partial charge in [-0.15, -0.1) is 0 Å². The van der Waals surface area contributed by atoms with E-state index < -0.39 is 11.9 Å². The lowest BCUT2D eigenvalue weighted by Crippen LogP contribution is -2.43. The molecular weight excluding hydrogens is 494 g/mol. The van der Waals surface area contributed by atoms with Gasteiger partial charge in [-0.2, -0.15) is 5.10 Å². The van der Waals surface area contributed by atoms with Crippen LogP contribution in [-0.4, -0.2) is 38.3 Å². The Hall–Kier alpha value is -2.39. The Kier molecular flexibility index (Phi) is 8.01. The highest BCUT2D eigenvalue weighted by Gasteiger charge is 2.17. The highest BCUT2D eigenvalue weighted by Crippen LogP contribution is 2.35. The van der Waals surface area contributed by atoms with Gasteiger partial charge in [0.2, 0.25) is 0 Å². The number of hydrogen-bond acceptors (Lipinski definition) is 5. The van der Waals surface area contributed by atoms with Crippen molar-refractivity contribution in [2.75, 3.05) is 14.2 Å². The first kappa shape index (κ1) is 21.9. The SMILES string of the molecule is COc1cc(C=NNC(=O)C(C)NC(=O)c2ccccc2Br)cc(Br)c1OC. The molecule has 2 rings (SSSR count). The number of methoxy groups -OCH3 is 2. The summed E-state index contributed by atoms with van der Waals surface area (Å²) in [6.45, 7) is 1.58. The highest BCUT2D eigenvalue weighted by atomic mass is 79.9. The fourth-order valence-electron chi connectivity index (χ4n) is 2.26. The van der Waals surface area contributed by atoms with Gasteiger partial charge in [0.15, 0.2) is 11.5 Å². The molecule has 0 bridgehead atoms. The molecule has 9 heteroatoms. The van der Waals surface area contributed by atoms with Crippen LogP contribution in [0, 0.1) is 0 Å². The lowest BCUT2D eigenvalue weighted by molar-refractivity contribution is -0.122. The summed E-state index contributed by atoms with van der Waals surface area (Å²) >= 11 is 6.70. The first-order valence-corrected chi connectivity index (χ1v) is 9.75. The molecule has 0 fully saturated rings. The first-order chi connectivity index (χ1) is 13.4. The molecule has 7 nitrogen and oxygen atoms in total. The Balaban J connectivity index is 1.98. The smallest absolute Gasteiger partial charge is 0.262 e. The van der Waals surface area contributed by atoms with Crippen LogP contribution in [0.2, 0.25) is 0 Å². The molecule has 0 saturated heterocycles. The minimum absolute atomic E-state index is 0.358.